The molecule has 3 rings (SSSR count). The van der Waals surface area contributed by atoms with Gasteiger partial charge in [-0.1, -0.05) is 53.6 Å². The molecule has 0 fully saturated rings. The molecule has 1 N–H and O–H groups in total. The van der Waals surface area contributed by atoms with Crippen molar-refractivity contribution in [2.45, 2.75) is 26.7 Å². The van der Waals surface area contributed by atoms with Crippen molar-refractivity contribution in [3.05, 3.63) is 89.5 Å². The minimum atomic E-state index is 0.212. The molecule has 0 amide bonds. The molecular formula is C23H25NO. The fraction of sp³-hybridized carbons (Fsp3) is 0.217. The highest BCUT2D eigenvalue weighted by molar-refractivity contribution is 5.78. The molecule has 0 aliphatic carbocycles. The van der Waals surface area contributed by atoms with Crippen LogP contribution in [0.5, 0.6) is 0 Å². The average molecular weight is 331 g/mol. The number of nitrogens with zero attached hydrogens (tertiary/aromatic N) is 1. The maximum atomic E-state index is 9.24. The minimum Gasteiger partial charge on any atom is -0.396 e. The van der Waals surface area contributed by atoms with Crippen molar-refractivity contribution >= 4 is 17.1 Å². The first-order chi connectivity index (χ1) is 12.2. The maximum absolute atomic E-state index is 9.24. The third kappa shape index (κ3) is 4.09. The monoisotopic (exact) mass is 331 g/mol. The predicted octanol–water partition coefficient (Wildman–Crippen LogP) is 5.70. The SMILES string of the molecule is Cc1ccc(N(c2ccc(C)cc2)c2ccccc2CCCO)cc1. The number of para-hydroxylation sites is 1. The lowest BCUT2D eigenvalue weighted by atomic mass is 10.0. The van der Waals surface area contributed by atoms with Gasteiger partial charge in [0, 0.05) is 23.7 Å². The number of hydrogen-bond donors (Lipinski definition) is 1. The lowest BCUT2D eigenvalue weighted by molar-refractivity contribution is 0.288. The summed E-state index contributed by atoms with van der Waals surface area (Å²) in [4.78, 5) is 2.30. The van der Waals surface area contributed by atoms with E-state index in [-0.39, 0.29) is 6.61 Å². The normalized spacial score (nSPS) is 10.7. The standard InChI is InChI=1S/C23H25NO/c1-18-9-13-21(14-10-18)24(22-15-11-19(2)12-16-22)23-8-4-3-6-20(23)7-5-17-25/h3-4,6,8-16,25H,5,7,17H2,1-2H3. The Bertz CT molecular complexity index is 761. The molecule has 0 unspecified atom stereocenters. The van der Waals surface area contributed by atoms with E-state index in [0.717, 1.165) is 24.2 Å². The van der Waals surface area contributed by atoms with Crippen LogP contribution in [-0.2, 0) is 6.42 Å². The van der Waals surface area contributed by atoms with Gasteiger partial charge in [0.05, 0.1) is 0 Å². The Labute approximate surface area is 150 Å². The molecule has 0 spiro atoms. The third-order valence-corrected chi connectivity index (χ3v) is 4.42. The number of anilines is 3. The van der Waals surface area contributed by atoms with Crippen LogP contribution in [0.25, 0.3) is 0 Å². The van der Waals surface area contributed by atoms with Gasteiger partial charge in [-0.2, -0.15) is 0 Å². The van der Waals surface area contributed by atoms with Crippen molar-refractivity contribution in [3.63, 3.8) is 0 Å². The van der Waals surface area contributed by atoms with Gasteiger partial charge in [-0.3, -0.25) is 0 Å². The fourth-order valence-electron chi connectivity index (χ4n) is 3.02. The molecule has 0 bridgehead atoms. The lowest BCUT2D eigenvalue weighted by Crippen LogP contribution is -2.12. The van der Waals surface area contributed by atoms with E-state index < -0.39 is 0 Å². The molecule has 0 aliphatic heterocycles. The van der Waals surface area contributed by atoms with Gasteiger partial charge in [-0.15, -0.1) is 0 Å². The number of aryl methyl sites for hydroxylation is 3. The van der Waals surface area contributed by atoms with E-state index in [0.29, 0.717) is 0 Å². The van der Waals surface area contributed by atoms with Gasteiger partial charge in [0.25, 0.3) is 0 Å². The fourth-order valence-corrected chi connectivity index (χ4v) is 3.02. The zero-order valence-corrected chi connectivity index (χ0v) is 14.9. The first-order valence-corrected chi connectivity index (χ1v) is 8.81. The summed E-state index contributed by atoms with van der Waals surface area (Å²) in [6.45, 7) is 4.42. The van der Waals surface area contributed by atoms with Crippen molar-refractivity contribution in [1.82, 2.24) is 0 Å². The van der Waals surface area contributed by atoms with Gasteiger partial charge in [-0.05, 0) is 62.6 Å². The predicted molar refractivity (Wildman–Crippen MR) is 106 cm³/mol. The molecule has 2 heteroatoms. The smallest absolute Gasteiger partial charge is 0.0493 e. The first kappa shape index (κ1) is 17.2. The summed E-state index contributed by atoms with van der Waals surface area (Å²) in [5, 5.41) is 9.24. The molecular weight excluding hydrogens is 306 g/mol. The van der Waals surface area contributed by atoms with Crippen LogP contribution in [0.15, 0.2) is 72.8 Å². The van der Waals surface area contributed by atoms with Gasteiger partial charge < -0.3 is 10.0 Å². The number of rotatable bonds is 6. The van der Waals surface area contributed by atoms with E-state index in [1.165, 1.54) is 22.4 Å². The van der Waals surface area contributed by atoms with E-state index in [1.54, 1.807) is 0 Å². The lowest BCUT2D eigenvalue weighted by Gasteiger charge is -2.28. The topological polar surface area (TPSA) is 23.5 Å². The van der Waals surface area contributed by atoms with Crippen molar-refractivity contribution in [2.75, 3.05) is 11.5 Å². The number of benzene rings is 3. The van der Waals surface area contributed by atoms with Crippen LogP contribution in [0, 0.1) is 13.8 Å². The van der Waals surface area contributed by atoms with Crippen LogP contribution in [0.3, 0.4) is 0 Å². The highest BCUT2D eigenvalue weighted by atomic mass is 16.2. The summed E-state index contributed by atoms with van der Waals surface area (Å²) < 4.78 is 0. The summed E-state index contributed by atoms with van der Waals surface area (Å²) in [5.74, 6) is 0. The van der Waals surface area contributed by atoms with Gasteiger partial charge in [-0.25, -0.2) is 0 Å². The highest BCUT2D eigenvalue weighted by Gasteiger charge is 2.15. The molecule has 0 radical (unpaired) electrons. The van der Waals surface area contributed by atoms with Crippen LogP contribution in [0.1, 0.15) is 23.1 Å². The molecule has 3 aromatic carbocycles. The molecule has 3 aromatic rings. The second-order valence-corrected chi connectivity index (χ2v) is 6.46. The molecule has 128 valence electrons. The molecule has 0 aliphatic rings. The van der Waals surface area contributed by atoms with Crippen LogP contribution < -0.4 is 4.90 Å². The zero-order chi connectivity index (χ0) is 17.6. The second-order valence-electron chi connectivity index (χ2n) is 6.46. The van der Waals surface area contributed by atoms with E-state index in [1.807, 2.05) is 0 Å². The van der Waals surface area contributed by atoms with E-state index in [4.69, 9.17) is 0 Å². The average Bonchev–Trinajstić information content (AvgIpc) is 2.64. The molecule has 0 heterocycles. The van der Waals surface area contributed by atoms with Gasteiger partial charge >= 0.3 is 0 Å². The van der Waals surface area contributed by atoms with Crippen molar-refractivity contribution in [1.29, 1.82) is 0 Å². The van der Waals surface area contributed by atoms with Crippen molar-refractivity contribution < 1.29 is 5.11 Å². The molecule has 25 heavy (non-hydrogen) atoms. The van der Waals surface area contributed by atoms with Crippen LogP contribution in [0.2, 0.25) is 0 Å². The van der Waals surface area contributed by atoms with Gasteiger partial charge in [0.2, 0.25) is 0 Å². The second kappa shape index (κ2) is 8.00. The summed E-state index contributed by atoms with van der Waals surface area (Å²) in [5.41, 5.74) is 7.21. The summed E-state index contributed by atoms with van der Waals surface area (Å²) in [6.07, 6.45) is 1.63. The summed E-state index contributed by atoms with van der Waals surface area (Å²) in [7, 11) is 0. The molecule has 2 nitrogen and oxygen atoms in total. The Balaban J connectivity index is 2.11. The highest BCUT2D eigenvalue weighted by Crippen LogP contribution is 2.37. The van der Waals surface area contributed by atoms with Gasteiger partial charge in [0.1, 0.15) is 0 Å². The molecule has 0 aromatic heterocycles. The zero-order valence-electron chi connectivity index (χ0n) is 14.9. The van der Waals surface area contributed by atoms with Crippen LogP contribution >= 0.6 is 0 Å². The van der Waals surface area contributed by atoms with Crippen LogP contribution in [0.4, 0.5) is 17.1 Å². The number of aliphatic hydroxyl groups excluding tert-OH is 1. The Morgan fingerprint density at radius 1 is 0.720 bits per heavy atom. The minimum absolute atomic E-state index is 0.212. The largest absolute Gasteiger partial charge is 0.396 e. The number of hydrogen-bond acceptors (Lipinski definition) is 2. The Kier molecular flexibility index (Phi) is 5.52. The van der Waals surface area contributed by atoms with E-state index in [9.17, 15) is 5.11 Å². The Morgan fingerprint density at radius 2 is 1.24 bits per heavy atom. The van der Waals surface area contributed by atoms with Crippen LogP contribution in [-0.4, -0.2) is 11.7 Å². The first-order valence-electron chi connectivity index (χ1n) is 8.81. The molecule has 0 saturated carbocycles. The third-order valence-electron chi connectivity index (χ3n) is 4.42. The summed E-state index contributed by atoms with van der Waals surface area (Å²) in [6, 6.07) is 25.7. The van der Waals surface area contributed by atoms with Crippen molar-refractivity contribution in [3.8, 4) is 0 Å². The quantitative estimate of drug-likeness (QED) is 0.626. The maximum Gasteiger partial charge on any atom is 0.0493 e. The van der Waals surface area contributed by atoms with E-state index in [2.05, 4.69) is 91.5 Å². The summed E-state index contributed by atoms with van der Waals surface area (Å²) >= 11 is 0. The Morgan fingerprint density at radius 3 is 1.76 bits per heavy atom. The van der Waals surface area contributed by atoms with Crippen molar-refractivity contribution in [2.24, 2.45) is 0 Å². The Hall–Kier alpha value is -2.58. The van der Waals surface area contributed by atoms with E-state index >= 15 is 0 Å². The number of aliphatic hydroxyl groups is 1. The molecule has 0 saturated heterocycles. The molecule has 0 atom stereocenters. The van der Waals surface area contributed by atoms with Gasteiger partial charge in [0.15, 0.2) is 0 Å².